The lowest BCUT2D eigenvalue weighted by Gasteiger charge is -2.01. The molecular formula is C4H4Cl3OP. The van der Waals surface area contributed by atoms with Crippen LogP contribution in [0.5, 0.6) is 0 Å². The summed E-state index contributed by atoms with van der Waals surface area (Å²) >= 11 is 15.6. The van der Waals surface area contributed by atoms with Crippen LogP contribution in [0, 0.1) is 0 Å². The topological polar surface area (TPSA) is 17.1 Å². The van der Waals surface area contributed by atoms with E-state index < -0.39 is 5.85 Å². The van der Waals surface area contributed by atoms with Crippen LogP contribution in [0.1, 0.15) is 0 Å². The number of hydrogen-bond acceptors (Lipinski definition) is 1. The van der Waals surface area contributed by atoms with Gasteiger partial charge in [-0.3, -0.25) is 4.57 Å². The Balaban J connectivity index is 4.43. The highest BCUT2D eigenvalue weighted by Crippen LogP contribution is 2.65. The molecule has 0 fully saturated rings. The summed E-state index contributed by atoms with van der Waals surface area (Å²) in [5.41, 5.74) is 0. The molecule has 9 heavy (non-hydrogen) atoms. The van der Waals surface area contributed by atoms with Gasteiger partial charge in [0.15, 0.2) is 0 Å². The zero-order valence-corrected chi connectivity index (χ0v) is 7.57. The van der Waals surface area contributed by atoms with Crippen molar-refractivity contribution in [2.24, 2.45) is 0 Å². The summed E-state index contributed by atoms with van der Waals surface area (Å²) in [6, 6.07) is 0. The number of allylic oxidation sites excluding steroid dienone is 2. The molecule has 0 aliphatic carbocycles. The van der Waals surface area contributed by atoms with Gasteiger partial charge in [0.1, 0.15) is 0 Å². The van der Waals surface area contributed by atoms with Crippen molar-refractivity contribution in [3.63, 3.8) is 0 Å². The molecule has 0 aliphatic rings. The SMILES string of the molecule is C=C(Cl)C(=C)P(=O)(Cl)Cl. The van der Waals surface area contributed by atoms with Crippen molar-refractivity contribution in [2.75, 3.05) is 0 Å². The molecule has 0 aromatic heterocycles. The Morgan fingerprint density at radius 3 is 1.67 bits per heavy atom. The van der Waals surface area contributed by atoms with Gasteiger partial charge in [-0.15, -0.1) is 0 Å². The predicted molar refractivity (Wildman–Crippen MR) is 43.4 cm³/mol. The highest BCUT2D eigenvalue weighted by molar-refractivity contribution is 8.11. The maximum atomic E-state index is 10.6. The van der Waals surface area contributed by atoms with E-state index in [1.807, 2.05) is 0 Å². The van der Waals surface area contributed by atoms with Gasteiger partial charge < -0.3 is 0 Å². The fourth-order valence-electron chi connectivity index (χ4n) is 0.141. The summed E-state index contributed by atoms with van der Waals surface area (Å²) < 4.78 is 10.6. The van der Waals surface area contributed by atoms with Crippen molar-refractivity contribution in [3.05, 3.63) is 23.5 Å². The van der Waals surface area contributed by atoms with Crippen LogP contribution in [0.15, 0.2) is 23.5 Å². The first-order valence-corrected chi connectivity index (χ1v) is 5.79. The second-order valence-corrected chi connectivity index (χ2v) is 6.61. The molecule has 0 radical (unpaired) electrons. The zero-order valence-electron chi connectivity index (χ0n) is 4.40. The highest BCUT2D eigenvalue weighted by atomic mass is 35.9. The van der Waals surface area contributed by atoms with Gasteiger partial charge in [0.05, 0.1) is 5.31 Å². The van der Waals surface area contributed by atoms with Gasteiger partial charge in [0, 0.05) is 5.03 Å². The van der Waals surface area contributed by atoms with E-state index in [0.29, 0.717) is 0 Å². The molecule has 0 saturated carbocycles. The highest BCUT2D eigenvalue weighted by Gasteiger charge is 2.19. The normalized spacial score (nSPS) is 11.0. The Labute approximate surface area is 68.2 Å². The lowest BCUT2D eigenvalue weighted by atomic mass is 10.6. The van der Waals surface area contributed by atoms with Crippen molar-refractivity contribution in [1.29, 1.82) is 0 Å². The van der Waals surface area contributed by atoms with Gasteiger partial charge in [-0.1, -0.05) is 24.8 Å². The van der Waals surface area contributed by atoms with Crippen molar-refractivity contribution < 1.29 is 4.57 Å². The summed E-state index contributed by atoms with van der Waals surface area (Å²) in [6.07, 6.45) is 0. The zero-order chi connectivity index (χ0) is 7.65. The van der Waals surface area contributed by atoms with Crippen molar-refractivity contribution in [1.82, 2.24) is 0 Å². The first-order valence-electron chi connectivity index (χ1n) is 1.89. The summed E-state index contributed by atoms with van der Waals surface area (Å²) in [5, 5.41) is 0.0239. The minimum Gasteiger partial charge on any atom is -0.284 e. The van der Waals surface area contributed by atoms with Gasteiger partial charge in [0.2, 0.25) is 0 Å². The Hall–Kier alpha value is 0.580. The molecular weight excluding hydrogens is 201 g/mol. The van der Waals surface area contributed by atoms with Gasteiger partial charge in [-0.05, 0) is 22.5 Å². The van der Waals surface area contributed by atoms with Crippen LogP contribution in [0.25, 0.3) is 0 Å². The molecule has 1 nitrogen and oxygen atoms in total. The van der Waals surface area contributed by atoms with Gasteiger partial charge in [0.25, 0.3) is 5.85 Å². The summed E-state index contributed by atoms with van der Waals surface area (Å²) in [5.74, 6) is -3.29. The van der Waals surface area contributed by atoms with Crippen LogP contribution >= 0.6 is 39.9 Å². The molecule has 0 bridgehead atoms. The van der Waals surface area contributed by atoms with Crippen LogP contribution < -0.4 is 0 Å². The maximum absolute atomic E-state index is 10.6. The van der Waals surface area contributed by atoms with Crippen molar-refractivity contribution >= 4 is 39.9 Å². The van der Waals surface area contributed by atoms with E-state index in [4.69, 9.17) is 34.1 Å². The average Bonchev–Trinajstić information content (AvgIpc) is 1.62. The van der Waals surface area contributed by atoms with Crippen LogP contribution in [-0.2, 0) is 4.57 Å². The summed E-state index contributed by atoms with van der Waals surface area (Å²) in [6.45, 7) is 6.51. The Morgan fingerprint density at radius 1 is 1.33 bits per heavy atom. The van der Waals surface area contributed by atoms with E-state index in [1.54, 1.807) is 0 Å². The van der Waals surface area contributed by atoms with E-state index in [-0.39, 0.29) is 10.3 Å². The van der Waals surface area contributed by atoms with Crippen LogP contribution in [0.4, 0.5) is 0 Å². The van der Waals surface area contributed by atoms with Crippen molar-refractivity contribution in [2.45, 2.75) is 0 Å². The molecule has 0 amide bonds. The lowest BCUT2D eigenvalue weighted by Crippen LogP contribution is -1.69. The van der Waals surface area contributed by atoms with Crippen LogP contribution in [0.2, 0.25) is 0 Å². The minimum atomic E-state index is -3.29. The van der Waals surface area contributed by atoms with Gasteiger partial charge >= 0.3 is 0 Å². The Kier molecular flexibility index (Phi) is 3.32. The predicted octanol–water partition coefficient (Wildman–Crippen LogP) is 3.92. The van der Waals surface area contributed by atoms with Crippen molar-refractivity contribution in [3.8, 4) is 0 Å². The molecule has 0 unspecified atom stereocenters. The van der Waals surface area contributed by atoms with E-state index in [1.165, 1.54) is 0 Å². The molecule has 0 aromatic carbocycles. The second kappa shape index (κ2) is 3.12. The van der Waals surface area contributed by atoms with Gasteiger partial charge in [-0.25, -0.2) is 0 Å². The molecule has 5 heteroatoms. The molecule has 0 atom stereocenters. The molecule has 0 rings (SSSR count). The number of hydrogen-bond donors (Lipinski definition) is 0. The fraction of sp³-hybridized carbons (Fsp3) is 0. The lowest BCUT2D eigenvalue weighted by molar-refractivity contribution is 0.596. The van der Waals surface area contributed by atoms with E-state index in [9.17, 15) is 4.57 Å². The average molecular weight is 205 g/mol. The van der Waals surface area contributed by atoms with Crippen LogP contribution in [0.3, 0.4) is 0 Å². The van der Waals surface area contributed by atoms with Gasteiger partial charge in [-0.2, -0.15) is 0 Å². The van der Waals surface area contributed by atoms with E-state index in [2.05, 4.69) is 13.2 Å². The van der Waals surface area contributed by atoms with E-state index in [0.717, 1.165) is 0 Å². The Morgan fingerprint density at radius 2 is 1.67 bits per heavy atom. The van der Waals surface area contributed by atoms with E-state index >= 15 is 0 Å². The third kappa shape index (κ3) is 3.32. The molecule has 0 saturated heterocycles. The molecule has 0 aromatic rings. The van der Waals surface area contributed by atoms with Crippen LogP contribution in [-0.4, -0.2) is 0 Å². The molecule has 0 heterocycles. The first-order chi connectivity index (χ1) is 3.85. The molecule has 0 N–H and O–H groups in total. The number of rotatable bonds is 2. The smallest absolute Gasteiger partial charge is 0.282 e. The quantitative estimate of drug-likeness (QED) is 0.493. The first kappa shape index (κ1) is 9.58. The molecule has 0 spiro atoms. The summed E-state index contributed by atoms with van der Waals surface area (Å²) in [4.78, 5) is 0. The number of halogens is 3. The maximum Gasteiger partial charge on any atom is 0.282 e. The molecule has 0 aliphatic heterocycles. The standard InChI is InChI=1S/C4H4Cl3OP/c1-3(5)4(2)9(6,7)8/h1-2H2. The minimum absolute atomic E-state index is 0.00694. The monoisotopic (exact) mass is 204 g/mol. The third-order valence-electron chi connectivity index (χ3n) is 0.627. The fourth-order valence-corrected chi connectivity index (χ4v) is 1.65. The third-order valence-corrected chi connectivity index (χ3v) is 3.11. The summed E-state index contributed by atoms with van der Waals surface area (Å²) in [7, 11) is 0. The second-order valence-electron chi connectivity index (χ2n) is 1.31. The largest absolute Gasteiger partial charge is 0.284 e. The molecule has 52 valence electrons. The Bertz CT molecular complexity index is 192.